The second kappa shape index (κ2) is 8.43. The van der Waals surface area contributed by atoms with Crippen LogP contribution in [0.2, 0.25) is 0 Å². The topological polar surface area (TPSA) is 119 Å². The lowest BCUT2D eigenvalue weighted by molar-refractivity contribution is -0.134. The Kier molecular flexibility index (Phi) is 6.82. The highest BCUT2D eigenvalue weighted by atomic mass is 32.2. The third-order valence-corrected chi connectivity index (χ3v) is 2.94. The average Bonchev–Trinajstić information content (AvgIpc) is 2.81. The minimum atomic E-state index is -0.947. The van der Waals surface area contributed by atoms with Crippen LogP contribution in [-0.4, -0.2) is 63.2 Å². The fraction of sp³-hybridized carbons (Fsp3) is 0.667. The van der Waals surface area contributed by atoms with E-state index < -0.39 is 5.97 Å². The second-order valence-corrected chi connectivity index (χ2v) is 4.40. The van der Waals surface area contributed by atoms with Gasteiger partial charge in [0, 0.05) is 20.1 Å². The molecule has 0 unspecified atom stereocenters. The van der Waals surface area contributed by atoms with Crippen molar-refractivity contribution in [2.45, 2.75) is 18.1 Å². The number of nitrogens with zero attached hydrogens (tertiary/aromatic N) is 4. The summed E-state index contributed by atoms with van der Waals surface area (Å²) in [6.07, 6.45) is 0.218. The molecule has 1 amide bonds. The first-order valence-electron chi connectivity index (χ1n) is 5.50. The minimum absolute atomic E-state index is 0.125. The number of rotatable bonds is 9. The van der Waals surface area contributed by atoms with E-state index in [1.54, 1.807) is 7.11 Å². The maximum Gasteiger partial charge on any atom is 0.313 e. The highest BCUT2D eigenvalue weighted by Crippen LogP contribution is 2.13. The number of methoxy groups -OCH3 is 1. The van der Waals surface area contributed by atoms with E-state index in [4.69, 9.17) is 9.84 Å². The molecular formula is C9H15N5O4S. The summed E-state index contributed by atoms with van der Waals surface area (Å²) in [4.78, 5) is 21.9. The number of aryl methyl sites for hydroxylation is 1. The van der Waals surface area contributed by atoms with Crippen LogP contribution in [0.3, 0.4) is 0 Å². The minimum Gasteiger partial charge on any atom is -0.481 e. The van der Waals surface area contributed by atoms with Crippen molar-refractivity contribution in [3.8, 4) is 0 Å². The van der Waals surface area contributed by atoms with E-state index in [2.05, 4.69) is 20.8 Å². The maximum absolute atomic E-state index is 11.4. The van der Waals surface area contributed by atoms with Crippen LogP contribution in [0.15, 0.2) is 5.16 Å². The Hall–Kier alpha value is -1.68. The van der Waals surface area contributed by atoms with Crippen molar-refractivity contribution in [1.82, 2.24) is 25.5 Å². The zero-order valence-corrected chi connectivity index (χ0v) is 11.2. The number of hydrogen-bond acceptors (Lipinski definition) is 7. The molecule has 9 nitrogen and oxygen atoms in total. The highest BCUT2D eigenvalue weighted by Gasteiger charge is 2.10. The number of thioether (sulfide) groups is 1. The molecule has 0 fully saturated rings. The van der Waals surface area contributed by atoms with Crippen molar-refractivity contribution in [2.24, 2.45) is 0 Å². The molecule has 0 radical (unpaired) electrons. The van der Waals surface area contributed by atoms with Crippen LogP contribution in [0, 0.1) is 0 Å². The molecule has 106 valence electrons. The number of aromatic nitrogens is 4. The van der Waals surface area contributed by atoms with Crippen LogP contribution < -0.4 is 5.32 Å². The van der Waals surface area contributed by atoms with Crippen LogP contribution in [0.5, 0.6) is 0 Å². The molecule has 0 aliphatic rings. The number of carboxylic acid groups (broad SMARTS) is 1. The van der Waals surface area contributed by atoms with Gasteiger partial charge in [-0.05, 0) is 10.4 Å². The van der Waals surface area contributed by atoms with Crippen molar-refractivity contribution in [2.75, 3.05) is 26.0 Å². The van der Waals surface area contributed by atoms with Gasteiger partial charge in [0.1, 0.15) is 0 Å². The van der Waals surface area contributed by atoms with Crippen LogP contribution >= 0.6 is 11.8 Å². The van der Waals surface area contributed by atoms with E-state index in [0.29, 0.717) is 24.9 Å². The third kappa shape index (κ3) is 6.15. The van der Waals surface area contributed by atoms with Gasteiger partial charge in [0.25, 0.3) is 0 Å². The van der Waals surface area contributed by atoms with Gasteiger partial charge in [-0.25, -0.2) is 4.68 Å². The van der Waals surface area contributed by atoms with Gasteiger partial charge >= 0.3 is 5.97 Å². The number of tetrazole rings is 1. The van der Waals surface area contributed by atoms with Gasteiger partial charge in [-0.3, -0.25) is 9.59 Å². The molecule has 0 spiro atoms. The summed E-state index contributed by atoms with van der Waals surface area (Å²) in [7, 11) is 1.55. The first kappa shape index (κ1) is 15.4. The molecule has 1 heterocycles. The Bertz CT molecular complexity index is 424. The fourth-order valence-corrected chi connectivity index (χ4v) is 1.78. The van der Waals surface area contributed by atoms with Crippen LogP contribution in [0.25, 0.3) is 0 Å². The molecule has 1 rings (SSSR count). The summed E-state index contributed by atoms with van der Waals surface area (Å²) in [5.41, 5.74) is 0. The maximum atomic E-state index is 11.4. The Labute approximate surface area is 113 Å². The summed E-state index contributed by atoms with van der Waals surface area (Å²) >= 11 is 1.01. The van der Waals surface area contributed by atoms with Gasteiger partial charge in [-0.1, -0.05) is 11.8 Å². The number of carboxylic acids is 1. The first-order chi connectivity index (χ1) is 9.13. The molecule has 0 aliphatic heterocycles. The average molecular weight is 289 g/mol. The number of aliphatic carboxylic acids is 1. The molecule has 10 heteroatoms. The van der Waals surface area contributed by atoms with Crippen molar-refractivity contribution < 1.29 is 19.4 Å². The van der Waals surface area contributed by atoms with Gasteiger partial charge in [0.05, 0.1) is 18.9 Å². The second-order valence-electron chi connectivity index (χ2n) is 3.46. The predicted molar refractivity (Wildman–Crippen MR) is 65.7 cm³/mol. The number of nitrogens with one attached hydrogen (secondary N) is 1. The molecule has 19 heavy (non-hydrogen) atoms. The van der Waals surface area contributed by atoms with Crippen LogP contribution in [0.1, 0.15) is 6.42 Å². The predicted octanol–water partition coefficient (Wildman–Crippen LogP) is -0.997. The summed E-state index contributed by atoms with van der Waals surface area (Å²) in [6, 6.07) is 0. The first-order valence-corrected chi connectivity index (χ1v) is 6.48. The van der Waals surface area contributed by atoms with Crippen molar-refractivity contribution in [3.05, 3.63) is 0 Å². The number of carbonyl (C=O) groups is 2. The molecular weight excluding hydrogens is 274 g/mol. The van der Waals surface area contributed by atoms with E-state index in [9.17, 15) is 9.59 Å². The number of ether oxygens (including phenoxy) is 1. The van der Waals surface area contributed by atoms with E-state index in [-0.39, 0.29) is 18.1 Å². The third-order valence-electron chi connectivity index (χ3n) is 2.00. The van der Waals surface area contributed by atoms with Crippen molar-refractivity contribution in [1.29, 1.82) is 0 Å². The van der Waals surface area contributed by atoms with E-state index in [1.165, 1.54) is 4.68 Å². The Balaban J connectivity index is 2.34. The summed E-state index contributed by atoms with van der Waals surface area (Å²) in [5, 5.41) is 22.5. The SMILES string of the molecule is COCCNC(=O)CCn1nnnc1SCC(=O)O. The Morgan fingerprint density at radius 2 is 2.32 bits per heavy atom. The van der Waals surface area contributed by atoms with Gasteiger partial charge in [0.2, 0.25) is 11.1 Å². The van der Waals surface area contributed by atoms with Crippen LogP contribution in [0.4, 0.5) is 0 Å². The molecule has 0 atom stereocenters. The Morgan fingerprint density at radius 1 is 1.53 bits per heavy atom. The fourth-order valence-electron chi connectivity index (χ4n) is 1.15. The zero-order chi connectivity index (χ0) is 14.1. The summed E-state index contributed by atoms with van der Waals surface area (Å²) < 4.78 is 6.21. The van der Waals surface area contributed by atoms with E-state index in [0.717, 1.165) is 11.8 Å². The zero-order valence-electron chi connectivity index (χ0n) is 10.4. The van der Waals surface area contributed by atoms with Gasteiger partial charge < -0.3 is 15.2 Å². The summed E-state index contributed by atoms with van der Waals surface area (Å²) in [5.74, 6) is -1.21. The smallest absolute Gasteiger partial charge is 0.313 e. The van der Waals surface area contributed by atoms with Crippen molar-refractivity contribution in [3.63, 3.8) is 0 Å². The van der Waals surface area contributed by atoms with Gasteiger partial charge in [-0.15, -0.1) is 5.10 Å². The highest BCUT2D eigenvalue weighted by molar-refractivity contribution is 7.99. The lowest BCUT2D eigenvalue weighted by Gasteiger charge is -2.05. The molecule has 1 aromatic heterocycles. The molecule has 0 bridgehead atoms. The summed E-state index contributed by atoms with van der Waals surface area (Å²) in [6.45, 7) is 1.20. The molecule has 2 N–H and O–H groups in total. The molecule has 1 aromatic rings. The number of carbonyl (C=O) groups excluding carboxylic acids is 1. The molecule has 0 saturated heterocycles. The monoisotopic (exact) mass is 289 g/mol. The normalized spacial score (nSPS) is 10.4. The molecule has 0 aromatic carbocycles. The van der Waals surface area contributed by atoms with Gasteiger partial charge in [0.15, 0.2) is 0 Å². The molecule has 0 saturated carbocycles. The van der Waals surface area contributed by atoms with E-state index in [1.807, 2.05) is 0 Å². The number of hydrogen-bond donors (Lipinski definition) is 2. The van der Waals surface area contributed by atoms with Gasteiger partial charge in [-0.2, -0.15) is 0 Å². The Morgan fingerprint density at radius 3 is 3.00 bits per heavy atom. The van der Waals surface area contributed by atoms with Crippen LogP contribution in [-0.2, 0) is 20.9 Å². The number of amides is 1. The van der Waals surface area contributed by atoms with Crippen molar-refractivity contribution >= 4 is 23.6 Å². The largest absolute Gasteiger partial charge is 0.481 e. The quantitative estimate of drug-likeness (QED) is 0.439. The van der Waals surface area contributed by atoms with E-state index >= 15 is 0 Å². The lowest BCUT2D eigenvalue weighted by Crippen LogP contribution is -2.27. The lowest BCUT2D eigenvalue weighted by atomic mass is 10.4. The molecule has 0 aliphatic carbocycles. The standard InChI is InChI=1S/C9H15N5O4S/c1-18-5-3-10-7(15)2-4-14-9(11-12-13-14)19-6-8(16)17/h2-6H2,1H3,(H,10,15)(H,16,17).